The molecule has 37 heavy (non-hydrogen) atoms. The summed E-state index contributed by atoms with van der Waals surface area (Å²) in [5, 5.41) is 22.2. The van der Waals surface area contributed by atoms with Crippen LogP contribution in [-0.2, 0) is 25.9 Å². The van der Waals surface area contributed by atoms with Gasteiger partial charge in [0, 0.05) is 19.6 Å². The van der Waals surface area contributed by atoms with E-state index >= 15 is 0 Å². The van der Waals surface area contributed by atoms with Crippen molar-refractivity contribution in [1.82, 2.24) is 15.5 Å². The number of phenolic OH excluding ortho intramolecular Hbond substituents is 1. The van der Waals surface area contributed by atoms with Crippen molar-refractivity contribution in [2.24, 2.45) is 0 Å². The van der Waals surface area contributed by atoms with Crippen LogP contribution in [0.2, 0.25) is 10.0 Å². The molecule has 0 radical (unpaired) electrons. The Balaban J connectivity index is 1.59. The number of nitrogens with one attached hydrogen (secondary N) is 1. The zero-order chi connectivity index (χ0) is 26.2. The highest BCUT2D eigenvalue weighted by Crippen LogP contribution is 2.33. The number of benzene rings is 3. The molecular formula is C29H28Cl2N4O2. The molecule has 2 N–H and O–H groups in total. The molecule has 6 nitrogen and oxygen atoms in total. The first kappa shape index (κ1) is 26.5. The lowest BCUT2D eigenvalue weighted by atomic mass is 10.1. The van der Waals surface area contributed by atoms with Gasteiger partial charge in [-0.1, -0.05) is 83.9 Å². The first-order chi connectivity index (χ1) is 17.9. The predicted octanol–water partition coefficient (Wildman–Crippen LogP) is 6.23. The lowest BCUT2D eigenvalue weighted by molar-refractivity contribution is 0.0950. The van der Waals surface area contributed by atoms with E-state index in [4.69, 9.17) is 23.2 Å². The lowest BCUT2D eigenvalue weighted by Gasteiger charge is -2.24. The number of rotatable bonds is 10. The van der Waals surface area contributed by atoms with Gasteiger partial charge in [-0.25, -0.2) is 0 Å². The van der Waals surface area contributed by atoms with Gasteiger partial charge in [0.1, 0.15) is 0 Å². The van der Waals surface area contributed by atoms with Crippen molar-refractivity contribution in [2.75, 3.05) is 11.4 Å². The van der Waals surface area contributed by atoms with Crippen LogP contribution < -0.4 is 10.2 Å². The summed E-state index contributed by atoms with van der Waals surface area (Å²) in [7, 11) is 0. The monoisotopic (exact) mass is 534 g/mol. The number of aryl methyl sites for hydroxylation is 2. The standard InChI is InChI=1S/C29H28Cl2N4O2/c1-2-35(19-21-11-7-4-8-12-21)28-24(29(37)32-18-20-9-5-3-6-10-20)17-23(33-34-28)14-13-22-15-25(30)27(36)26(31)16-22/h3-12,15-17,36H,2,13-14,18-19H2,1H3,(H,32,37). The number of carbonyl (C=O) groups excluding carboxylic acids is 1. The molecule has 0 bridgehead atoms. The number of carbonyl (C=O) groups is 1. The summed E-state index contributed by atoms with van der Waals surface area (Å²) in [5.41, 5.74) is 4.13. The van der Waals surface area contributed by atoms with Crippen LogP contribution in [0.4, 0.5) is 5.82 Å². The predicted molar refractivity (Wildman–Crippen MR) is 148 cm³/mol. The van der Waals surface area contributed by atoms with E-state index in [-0.39, 0.29) is 21.7 Å². The molecule has 8 heteroatoms. The van der Waals surface area contributed by atoms with E-state index in [9.17, 15) is 9.90 Å². The summed E-state index contributed by atoms with van der Waals surface area (Å²) >= 11 is 12.1. The Labute approximate surface area is 226 Å². The van der Waals surface area contributed by atoms with Crippen LogP contribution in [0, 0.1) is 0 Å². The maximum absolute atomic E-state index is 13.4. The quantitative estimate of drug-likeness (QED) is 0.252. The van der Waals surface area contributed by atoms with Gasteiger partial charge in [0.15, 0.2) is 11.6 Å². The SMILES string of the molecule is CCN(Cc1ccccc1)c1nnc(CCc2cc(Cl)c(O)c(Cl)c2)cc1C(=O)NCc1ccccc1. The molecule has 0 aliphatic rings. The van der Waals surface area contributed by atoms with E-state index in [1.165, 1.54) is 0 Å². The van der Waals surface area contributed by atoms with Gasteiger partial charge in [0.25, 0.3) is 5.91 Å². The first-order valence-corrected chi connectivity index (χ1v) is 12.8. The van der Waals surface area contributed by atoms with E-state index < -0.39 is 0 Å². The zero-order valence-corrected chi connectivity index (χ0v) is 22.0. The molecule has 0 unspecified atom stereocenters. The highest BCUT2D eigenvalue weighted by atomic mass is 35.5. The summed E-state index contributed by atoms with van der Waals surface area (Å²) in [4.78, 5) is 15.4. The minimum atomic E-state index is -0.211. The third-order valence-electron chi connectivity index (χ3n) is 6.01. The van der Waals surface area contributed by atoms with Gasteiger partial charge in [-0.2, -0.15) is 5.10 Å². The Morgan fingerprint density at radius 2 is 1.49 bits per heavy atom. The number of phenols is 1. The van der Waals surface area contributed by atoms with E-state index in [1.54, 1.807) is 18.2 Å². The summed E-state index contributed by atoms with van der Waals surface area (Å²) in [6, 6.07) is 25.0. The zero-order valence-electron chi connectivity index (χ0n) is 20.5. The molecule has 3 aromatic carbocycles. The van der Waals surface area contributed by atoms with Crippen LogP contribution in [0.5, 0.6) is 5.75 Å². The molecule has 0 aliphatic heterocycles. The summed E-state index contributed by atoms with van der Waals surface area (Å²) in [6.45, 7) is 3.70. The number of aromatic hydroxyl groups is 1. The topological polar surface area (TPSA) is 78.3 Å². The first-order valence-electron chi connectivity index (χ1n) is 12.1. The number of halogens is 2. The van der Waals surface area contributed by atoms with Crippen LogP contribution >= 0.6 is 23.2 Å². The fourth-order valence-corrected chi connectivity index (χ4v) is 4.53. The molecule has 190 valence electrons. The van der Waals surface area contributed by atoms with Crippen molar-refractivity contribution in [3.8, 4) is 5.75 Å². The van der Waals surface area contributed by atoms with Gasteiger partial charge >= 0.3 is 0 Å². The molecule has 0 fully saturated rings. The summed E-state index contributed by atoms with van der Waals surface area (Å²) < 4.78 is 0. The fourth-order valence-electron chi connectivity index (χ4n) is 4.00. The summed E-state index contributed by atoms with van der Waals surface area (Å²) in [6.07, 6.45) is 1.09. The van der Waals surface area contributed by atoms with Crippen LogP contribution in [-0.4, -0.2) is 27.8 Å². The van der Waals surface area contributed by atoms with Crippen LogP contribution in [0.3, 0.4) is 0 Å². The van der Waals surface area contributed by atoms with Crippen LogP contribution in [0.15, 0.2) is 78.9 Å². The van der Waals surface area contributed by atoms with Crippen molar-refractivity contribution in [2.45, 2.75) is 32.9 Å². The maximum atomic E-state index is 13.4. The Bertz CT molecular complexity index is 1330. The highest BCUT2D eigenvalue weighted by Gasteiger charge is 2.20. The smallest absolute Gasteiger partial charge is 0.255 e. The summed E-state index contributed by atoms with van der Waals surface area (Å²) in [5.74, 6) is 0.195. The molecule has 0 atom stereocenters. The molecule has 0 saturated heterocycles. The minimum Gasteiger partial charge on any atom is -0.505 e. The number of nitrogens with zero attached hydrogens (tertiary/aromatic N) is 3. The average Bonchev–Trinajstić information content (AvgIpc) is 2.93. The van der Waals surface area contributed by atoms with Crippen LogP contribution in [0.1, 0.15) is 39.7 Å². The maximum Gasteiger partial charge on any atom is 0.255 e. The van der Waals surface area contributed by atoms with Gasteiger partial charge in [-0.15, -0.1) is 5.10 Å². The normalized spacial score (nSPS) is 10.8. The fraction of sp³-hybridized carbons (Fsp3) is 0.207. The number of aromatic nitrogens is 2. The molecule has 1 aromatic heterocycles. The Morgan fingerprint density at radius 1 is 0.865 bits per heavy atom. The molecule has 0 saturated carbocycles. The molecule has 0 aliphatic carbocycles. The van der Waals surface area contributed by atoms with Crippen molar-refractivity contribution in [1.29, 1.82) is 0 Å². The highest BCUT2D eigenvalue weighted by molar-refractivity contribution is 6.37. The number of hydrogen-bond donors (Lipinski definition) is 2. The van der Waals surface area contributed by atoms with E-state index in [2.05, 4.69) is 15.5 Å². The second-order valence-electron chi connectivity index (χ2n) is 8.65. The molecule has 4 aromatic rings. The molecule has 0 spiro atoms. The van der Waals surface area contributed by atoms with Gasteiger partial charge in [0.2, 0.25) is 0 Å². The van der Waals surface area contributed by atoms with Crippen LogP contribution in [0.25, 0.3) is 0 Å². The minimum absolute atomic E-state index is 0.133. The van der Waals surface area contributed by atoms with Gasteiger partial charge in [-0.05, 0) is 54.7 Å². The van der Waals surface area contributed by atoms with Crippen molar-refractivity contribution in [3.05, 3.63) is 117 Å². The lowest BCUT2D eigenvalue weighted by Crippen LogP contribution is -2.30. The van der Waals surface area contributed by atoms with Crippen molar-refractivity contribution in [3.63, 3.8) is 0 Å². The van der Waals surface area contributed by atoms with Gasteiger partial charge < -0.3 is 15.3 Å². The van der Waals surface area contributed by atoms with Gasteiger partial charge in [-0.3, -0.25) is 4.79 Å². The molecular weight excluding hydrogens is 507 g/mol. The number of amides is 1. The second kappa shape index (κ2) is 12.6. The second-order valence-corrected chi connectivity index (χ2v) is 9.46. The third-order valence-corrected chi connectivity index (χ3v) is 6.59. The van der Waals surface area contributed by atoms with Crippen molar-refractivity contribution >= 4 is 34.9 Å². The largest absolute Gasteiger partial charge is 0.505 e. The molecule has 1 heterocycles. The third kappa shape index (κ3) is 7.00. The van der Waals surface area contributed by atoms with E-state index in [1.807, 2.05) is 72.5 Å². The van der Waals surface area contributed by atoms with E-state index in [0.29, 0.717) is 49.6 Å². The number of anilines is 1. The van der Waals surface area contributed by atoms with Crippen molar-refractivity contribution < 1.29 is 9.90 Å². The molecule has 4 rings (SSSR count). The number of hydrogen-bond acceptors (Lipinski definition) is 5. The molecule has 1 amide bonds. The van der Waals surface area contributed by atoms with E-state index in [0.717, 1.165) is 16.7 Å². The Hall–Kier alpha value is -3.61. The Morgan fingerprint density at radius 3 is 2.11 bits per heavy atom. The van der Waals surface area contributed by atoms with Gasteiger partial charge in [0.05, 0.1) is 21.3 Å². The Kier molecular flexibility index (Phi) is 8.99. The average molecular weight is 535 g/mol.